The summed E-state index contributed by atoms with van der Waals surface area (Å²) in [6.45, 7) is 4.50. The lowest BCUT2D eigenvalue weighted by atomic mass is 9.70. The van der Waals surface area contributed by atoms with Crippen molar-refractivity contribution >= 4 is 5.91 Å². The van der Waals surface area contributed by atoms with Crippen molar-refractivity contribution < 1.29 is 4.79 Å². The number of hydrogen-bond acceptors (Lipinski definition) is 2. The predicted octanol–water partition coefficient (Wildman–Crippen LogP) is 3.33. The molecule has 1 amide bonds. The van der Waals surface area contributed by atoms with E-state index in [1.54, 1.807) is 0 Å². The molecule has 0 aromatic carbocycles. The van der Waals surface area contributed by atoms with Gasteiger partial charge in [0, 0.05) is 24.7 Å². The van der Waals surface area contributed by atoms with Gasteiger partial charge in [0.05, 0.1) is 0 Å². The third-order valence-electron chi connectivity index (χ3n) is 6.69. The first kappa shape index (κ1) is 15.4. The van der Waals surface area contributed by atoms with Crippen LogP contribution in [0, 0.1) is 11.8 Å². The summed E-state index contributed by atoms with van der Waals surface area (Å²) in [6, 6.07) is 0.899. The maximum absolute atomic E-state index is 12.6. The van der Waals surface area contributed by atoms with E-state index in [4.69, 9.17) is 0 Å². The second-order valence-corrected chi connectivity index (χ2v) is 7.90. The van der Waals surface area contributed by atoms with Gasteiger partial charge in [0.1, 0.15) is 0 Å². The molecule has 0 atom stereocenters. The summed E-state index contributed by atoms with van der Waals surface area (Å²) in [6.07, 6.45) is 18.4. The minimum Gasteiger partial charge on any atom is -0.339 e. The van der Waals surface area contributed by atoms with Gasteiger partial charge >= 0.3 is 0 Å². The Hall–Kier alpha value is -1.09. The van der Waals surface area contributed by atoms with Crippen molar-refractivity contribution in [1.29, 1.82) is 0 Å². The van der Waals surface area contributed by atoms with Crippen LogP contribution in [0.15, 0.2) is 23.8 Å². The maximum atomic E-state index is 12.6. The third-order valence-corrected chi connectivity index (χ3v) is 6.69. The Balaban J connectivity index is 1.30. The van der Waals surface area contributed by atoms with E-state index in [1.165, 1.54) is 58.0 Å². The van der Waals surface area contributed by atoms with Gasteiger partial charge in [0.2, 0.25) is 0 Å². The number of nitrogens with zero attached hydrogens (tertiary/aromatic N) is 2. The summed E-state index contributed by atoms with van der Waals surface area (Å²) in [4.78, 5) is 17.4. The molecule has 1 saturated carbocycles. The summed E-state index contributed by atoms with van der Waals surface area (Å²) >= 11 is 0. The molecule has 23 heavy (non-hydrogen) atoms. The monoisotopic (exact) mass is 313 g/mol. The number of amides is 1. The number of carbonyl (C=O) groups is 1. The SMILES string of the molecule is O=C(C1=CC[CH]C=C1)N1CCC2(CC1)CCN(C1CCC1)CC2. The van der Waals surface area contributed by atoms with Gasteiger partial charge in [0.25, 0.3) is 5.91 Å². The lowest BCUT2D eigenvalue weighted by molar-refractivity contribution is -0.129. The molecular formula is C20H29N2O. The van der Waals surface area contributed by atoms with Crippen LogP contribution in [-0.2, 0) is 4.79 Å². The molecule has 4 rings (SSSR count). The maximum Gasteiger partial charge on any atom is 0.253 e. The van der Waals surface area contributed by atoms with Gasteiger partial charge in [-0.2, -0.15) is 0 Å². The van der Waals surface area contributed by atoms with Crippen LogP contribution in [0.2, 0.25) is 0 Å². The first-order valence-electron chi connectivity index (χ1n) is 9.49. The van der Waals surface area contributed by atoms with Crippen LogP contribution >= 0.6 is 0 Å². The van der Waals surface area contributed by atoms with E-state index in [-0.39, 0.29) is 5.91 Å². The zero-order chi connectivity index (χ0) is 15.7. The van der Waals surface area contributed by atoms with Gasteiger partial charge in [-0.15, -0.1) is 0 Å². The minimum atomic E-state index is 0.246. The zero-order valence-electron chi connectivity index (χ0n) is 14.2. The highest BCUT2D eigenvalue weighted by atomic mass is 16.2. The normalized spacial score (nSPS) is 28.5. The molecule has 0 unspecified atom stereocenters. The van der Waals surface area contributed by atoms with Gasteiger partial charge < -0.3 is 9.80 Å². The molecular weight excluding hydrogens is 284 g/mol. The molecule has 1 radical (unpaired) electrons. The predicted molar refractivity (Wildman–Crippen MR) is 92.8 cm³/mol. The summed E-state index contributed by atoms with van der Waals surface area (Å²) in [5.74, 6) is 0.246. The summed E-state index contributed by atoms with van der Waals surface area (Å²) in [5.41, 5.74) is 1.42. The topological polar surface area (TPSA) is 23.6 Å². The molecule has 0 N–H and O–H groups in total. The Morgan fingerprint density at radius 2 is 1.74 bits per heavy atom. The summed E-state index contributed by atoms with van der Waals surface area (Å²) in [5, 5.41) is 0. The minimum absolute atomic E-state index is 0.246. The van der Waals surface area contributed by atoms with Crippen molar-refractivity contribution in [3.63, 3.8) is 0 Å². The van der Waals surface area contributed by atoms with Gasteiger partial charge in [0.15, 0.2) is 0 Å². The van der Waals surface area contributed by atoms with Crippen molar-refractivity contribution in [2.75, 3.05) is 26.2 Å². The second kappa shape index (κ2) is 6.43. The molecule has 3 fully saturated rings. The molecule has 3 heteroatoms. The van der Waals surface area contributed by atoms with Crippen molar-refractivity contribution in [3.05, 3.63) is 30.2 Å². The lowest BCUT2D eigenvalue weighted by Crippen LogP contribution is -2.51. The van der Waals surface area contributed by atoms with Crippen LogP contribution in [0.3, 0.4) is 0 Å². The van der Waals surface area contributed by atoms with E-state index in [2.05, 4.69) is 22.3 Å². The smallest absolute Gasteiger partial charge is 0.253 e. The van der Waals surface area contributed by atoms with E-state index in [0.29, 0.717) is 5.41 Å². The fourth-order valence-corrected chi connectivity index (χ4v) is 4.65. The first-order chi connectivity index (χ1) is 11.3. The molecule has 0 bridgehead atoms. The van der Waals surface area contributed by atoms with E-state index < -0.39 is 0 Å². The Bertz CT molecular complexity index is 500. The standard InChI is InChI=1S/C20H29N2O/c23-19(17-5-2-1-3-6-17)22-15-11-20(12-16-22)9-13-21(14-10-20)18-7-4-8-18/h1-2,5-6,18H,3-4,7-16H2. The summed E-state index contributed by atoms with van der Waals surface area (Å²) < 4.78 is 0. The fraction of sp³-hybridized carbons (Fsp3) is 0.700. The van der Waals surface area contributed by atoms with Crippen LogP contribution in [0.5, 0.6) is 0 Å². The van der Waals surface area contributed by atoms with Gasteiger partial charge in [-0.1, -0.05) is 24.6 Å². The highest BCUT2D eigenvalue weighted by Gasteiger charge is 2.40. The van der Waals surface area contributed by atoms with Gasteiger partial charge in [-0.05, 0) is 69.9 Å². The highest BCUT2D eigenvalue weighted by Crippen LogP contribution is 2.43. The Morgan fingerprint density at radius 3 is 2.30 bits per heavy atom. The fourth-order valence-electron chi connectivity index (χ4n) is 4.65. The third kappa shape index (κ3) is 3.13. The highest BCUT2D eigenvalue weighted by molar-refractivity contribution is 5.96. The molecule has 1 spiro atoms. The number of carbonyl (C=O) groups excluding carboxylic acids is 1. The van der Waals surface area contributed by atoms with Gasteiger partial charge in [-0.3, -0.25) is 4.79 Å². The van der Waals surface area contributed by atoms with E-state index in [1.807, 2.05) is 12.2 Å². The van der Waals surface area contributed by atoms with Crippen molar-refractivity contribution in [3.8, 4) is 0 Å². The quantitative estimate of drug-likeness (QED) is 0.780. The first-order valence-corrected chi connectivity index (χ1v) is 9.49. The lowest BCUT2D eigenvalue weighted by Gasteiger charge is -2.50. The zero-order valence-corrected chi connectivity index (χ0v) is 14.2. The number of likely N-dealkylation sites (tertiary alicyclic amines) is 2. The van der Waals surface area contributed by atoms with Crippen LogP contribution in [0.25, 0.3) is 0 Å². The Labute approximate surface area is 140 Å². The molecule has 2 aliphatic heterocycles. The van der Waals surface area contributed by atoms with Crippen molar-refractivity contribution in [2.24, 2.45) is 5.41 Å². The molecule has 4 aliphatic rings. The average Bonchev–Trinajstić information content (AvgIpc) is 2.56. The van der Waals surface area contributed by atoms with Crippen LogP contribution in [-0.4, -0.2) is 47.9 Å². The van der Waals surface area contributed by atoms with Crippen LogP contribution < -0.4 is 0 Å². The molecule has 2 heterocycles. The second-order valence-electron chi connectivity index (χ2n) is 7.90. The molecule has 2 saturated heterocycles. The number of rotatable bonds is 2. The van der Waals surface area contributed by atoms with E-state index >= 15 is 0 Å². The van der Waals surface area contributed by atoms with Crippen molar-refractivity contribution in [1.82, 2.24) is 9.80 Å². The van der Waals surface area contributed by atoms with Crippen molar-refractivity contribution in [2.45, 2.75) is 57.4 Å². The summed E-state index contributed by atoms with van der Waals surface area (Å²) in [7, 11) is 0. The number of piperidine rings is 2. The van der Waals surface area contributed by atoms with Gasteiger partial charge in [-0.25, -0.2) is 0 Å². The molecule has 2 aliphatic carbocycles. The molecule has 125 valence electrons. The molecule has 0 aromatic heterocycles. The average molecular weight is 313 g/mol. The molecule has 0 aromatic rings. The van der Waals surface area contributed by atoms with E-state index in [0.717, 1.165) is 31.1 Å². The number of hydrogen-bond donors (Lipinski definition) is 0. The Morgan fingerprint density at radius 1 is 1.04 bits per heavy atom. The Kier molecular flexibility index (Phi) is 4.31. The van der Waals surface area contributed by atoms with Crippen LogP contribution in [0.1, 0.15) is 51.4 Å². The van der Waals surface area contributed by atoms with E-state index in [9.17, 15) is 4.79 Å². The van der Waals surface area contributed by atoms with Crippen LogP contribution in [0.4, 0.5) is 0 Å². The number of allylic oxidation sites excluding steroid dienone is 2. The largest absolute Gasteiger partial charge is 0.339 e. The molecule has 3 nitrogen and oxygen atoms in total.